The highest BCUT2D eigenvalue weighted by Gasteiger charge is 2.23. The Morgan fingerprint density at radius 1 is 1.12 bits per heavy atom. The van der Waals surface area contributed by atoms with E-state index < -0.39 is 0 Å². The SMILES string of the molecule is CCc1[nH]c(C)c(C(=O)OCc2ccccc2)c1-c1ccc(C#N)cc1. The van der Waals surface area contributed by atoms with Gasteiger partial charge in [-0.15, -0.1) is 0 Å². The first-order valence-corrected chi connectivity index (χ1v) is 8.57. The first-order chi connectivity index (χ1) is 12.6. The number of aromatic nitrogens is 1. The minimum absolute atomic E-state index is 0.235. The molecule has 4 nitrogen and oxygen atoms in total. The number of nitrogens with one attached hydrogen (secondary N) is 1. The summed E-state index contributed by atoms with van der Waals surface area (Å²) in [4.78, 5) is 16.1. The van der Waals surface area contributed by atoms with Gasteiger partial charge in [0.05, 0.1) is 17.2 Å². The molecule has 0 bridgehead atoms. The number of carbonyl (C=O) groups excluding carboxylic acids is 1. The first kappa shape index (κ1) is 17.5. The van der Waals surface area contributed by atoms with Crippen LogP contribution in [0, 0.1) is 18.3 Å². The van der Waals surface area contributed by atoms with Gasteiger partial charge in [-0.3, -0.25) is 0 Å². The van der Waals surface area contributed by atoms with Gasteiger partial charge in [0.2, 0.25) is 0 Å². The van der Waals surface area contributed by atoms with Crippen LogP contribution in [0.3, 0.4) is 0 Å². The lowest BCUT2D eigenvalue weighted by Gasteiger charge is -2.09. The highest BCUT2D eigenvalue weighted by Crippen LogP contribution is 2.31. The van der Waals surface area contributed by atoms with Gasteiger partial charge in [0.15, 0.2) is 0 Å². The van der Waals surface area contributed by atoms with Crippen LogP contribution in [0.4, 0.5) is 0 Å². The zero-order chi connectivity index (χ0) is 18.5. The third-order valence-corrected chi connectivity index (χ3v) is 4.34. The normalized spacial score (nSPS) is 10.3. The summed E-state index contributed by atoms with van der Waals surface area (Å²) < 4.78 is 5.55. The Kier molecular flexibility index (Phi) is 5.19. The largest absolute Gasteiger partial charge is 0.457 e. The summed E-state index contributed by atoms with van der Waals surface area (Å²) in [7, 11) is 0. The van der Waals surface area contributed by atoms with Crippen molar-refractivity contribution in [2.24, 2.45) is 0 Å². The fourth-order valence-corrected chi connectivity index (χ4v) is 3.04. The summed E-state index contributed by atoms with van der Waals surface area (Å²) in [5.74, 6) is -0.346. The van der Waals surface area contributed by atoms with E-state index in [1.807, 2.05) is 56.3 Å². The Balaban J connectivity index is 1.94. The molecule has 0 spiro atoms. The Morgan fingerprint density at radius 2 is 1.81 bits per heavy atom. The van der Waals surface area contributed by atoms with Crippen LogP contribution in [-0.2, 0) is 17.8 Å². The topological polar surface area (TPSA) is 65.9 Å². The number of esters is 1. The molecule has 26 heavy (non-hydrogen) atoms. The molecule has 1 heterocycles. The smallest absolute Gasteiger partial charge is 0.340 e. The number of nitriles is 1. The van der Waals surface area contributed by atoms with E-state index in [0.717, 1.165) is 34.5 Å². The molecule has 3 rings (SSSR count). The number of nitrogens with zero attached hydrogens (tertiary/aromatic N) is 1. The van der Waals surface area contributed by atoms with E-state index >= 15 is 0 Å². The Hall–Kier alpha value is -3.32. The van der Waals surface area contributed by atoms with Gasteiger partial charge in [0.25, 0.3) is 0 Å². The first-order valence-electron chi connectivity index (χ1n) is 8.57. The van der Waals surface area contributed by atoms with Crippen LogP contribution in [0.25, 0.3) is 11.1 Å². The van der Waals surface area contributed by atoms with Crippen LogP contribution in [0.1, 0.15) is 39.8 Å². The van der Waals surface area contributed by atoms with Crippen LogP contribution in [0.2, 0.25) is 0 Å². The second-order valence-corrected chi connectivity index (χ2v) is 6.08. The quantitative estimate of drug-likeness (QED) is 0.677. The van der Waals surface area contributed by atoms with Gasteiger partial charge >= 0.3 is 5.97 Å². The van der Waals surface area contributed by atoms with Gasteiger partial charge < -0.3 is 9.72 Å². The molecule has 0 atom stereocenters. The molecule has 0 saturated carbocycles. The molecule has 3 aromatic rings. The summed E-state index contributed by atoms with van der Waals surface area (Å²) in [6, 6.07) is 19.0. The van der Waals surface area contributed by atoms with Crippen molar-refractivity contribution in [2.45, 2.75) is 26.9 Å². The number of ether oxygens (including phenoxy) is 1. The number of H-pyrrole nitrogens is 1. The predicted molar refractivity (Wildman–Crippen MR) is 101 cm³/mol. The van der Waals surface area contributed by atoms with Gasteiger partial charge in [-0.1, -0.05) is 49.4 Å². The van der Waals surface area contributed by atoms with Gasteiger partial charge in [-0.2, -0.15) is 5.26 Å². The minimum Gasteiger partial charge on any atom is -0.457 e. The Labute approximate surface area is 153 Å². The molecule has 0 fully saturated rings. The van der Waals surface area contributed by atoms with Crippen molar-refractivity contribution in [3.05, 3.63) is 82.7 Å². The molecule has 1 N–H and O–H groups in total. The minimum atomic E-state index is -0.346. The van der Waals surface area contributed by atoms with Crippen LogP contribution < -0.4 is 0 Å². The molecule has 0 unspecified atom stereocenters. The second-order valence-electron chi connectivity index (χ2n) is 6.08. The van der Waals surface area contributed by atoms with Gasteiger partial charge in [0, 0.05) is 17.0 Å². The van der Waals surface area contributed by atoms with Crippen molar-refractivity contribution in [2.75, 3.05) is 0 Å². The van der Waals surface area contributed by atoms with E-state index in [4.69, 9.17) is 10.00 Å². The third-order valence-electron chi connectivity index (χ3n) is 4.34. The summed E-state index contributed by atoms with van der Waals surface area (Å²) in [6.07, 6.45) is 0.766. The van der Waals surface area contributed by atoms with Gasteiger partial charge in [-0.25, -0.2) is 4.79 Å². The van der Waals surface area contributed by atoms with Gasteiger partial charge in [-0.05, 0) is 36.6 Å². The van der Waals surface area contributed by atoms with E-state index in [-0.39, 0.29) is 12.6 Å². The fraction of sp³-hybridized carbons (Fsp3) is 0.182. The molecule has 2 aromatic carbocycles. The number of aromatic amines is 1. The highest BCUT2D eigenvalue weighted by molar-refractivity contribution is 5.99. The molecule has 0 aliphatic rings. The molecule has 130 valence electrons. The van der Waals surface area contributed by atoms with E-state index in [2.05, 4.69) is 11.1 Å². The molecule has 0 amide bonds. The summed E-state index contributed by atoms with van der Waals surface area (Å²) in [5, 5.41) is 8.99. The monoisotopic (exact) mass is 344 g/mol. The van der Waals surface area contributed by atoms with E-state index in [1.165, 1.54) is 0 Å². The van der Waals surface area contributed by atoms with Crippen LogP contribution >= 0.6 is 0 Å². The number of hydrogen-bond donors (Lipinski definition) is 1. The van der Waals surface area contributed by atoms with Crippen molar-refractivity contribution >= 4 is 5.97 Å². The number of benzene rings is 2. The molecule has 4 heteroatoms. The molecule has 0 radical (unpaired) electrons. The standard InChI is InChI=1S/C22H20N2O2/c1-3-19-21(18-11-9-16(13-23)10-12-18)20(15(2)24-19)22(25)26-14-17-7-5-4-6-8-17/h4-12,24H,3,14H2,1-2H3. The maximum Gasteiger partial charge on any atom is 0.340 e. The molecular formula is C22H20N2O2. The van der Waals surface area contributed by atoms with Crippen molar-refractivity contribution in [1.82, 2.24) is 4.98 Å². The van der Waals surface area contributed by atoms with E-state index in [9.17, 15) is 4.79 Å². The molecular weight excluding hydrogens is 324 g/mol. The second kappa shape index (κ2) is 7.71. The fourth-order valence-electron chi connectivity index (χ4n) is 3.04. The number of hydrogen-bond acceptors (Lipinski definition) is 3. The lowest BCUT2D eigenvalue weighted by molar-refractivity contribution is 0.0473. The van der Waals surface area contributed by atoms with Crippen molar-refractivity contribution < 1.29 is 9.53 Å². The highest BCUT2D eigenvalue weighted by atomic mass is 16.5. The van der Waals surface area contributed by atoms with Crippen LogP contribution in [0.5, 0.6) is 0 Å². The summed E-state index contributed by atoms with van der Waals surface area (Å²) in [5.41, 5.74) is 5.63. The van der Waals surface area contributed by atoms with Crippen LogP contribution in [-0.4, -0.2) is 11.0 Å². The van der Waals surface area contributed by atoms with Crippen LogP contribution in [0.15, 0.2) is 54.6 Å². The number of carbonyl (C=O) groups is 1. The third kappa shape index (κ3) is 3.52. The Morgan fingerprint density at radius 3 is 2.42 bits per heavy atom. The maximum absolute atomic E-state index is 12.8. The molecule has 0 saturated heterocycles. The Bertz CT molecular complexity index is 948. The average molecular weight is 344 g/mol. The van der Waals surface area contributed by atoms with E-state index in [1.54, 1.807) is 12.1 Å². The summed E-state index contributed by atoms with van der Waals surface area (Å²) >= 11 is 0. The molecule has 1 aromatic heterocycles. The molecule has 0 aliphatic carbocycles. The maximum atomic E-state index is 12.8. The lowest BCUT2D eigenvalue weighted by atomic mass is 9.98. The molecule has 0 aliphatic heterocycles. The van der Waals surface area contributed by atoms with Gasteiger partial charge in [0.1, 0.15) is 6.61 Å². The lowest BCUT2D eigenvalue weighted by Crippen LogP contribution is -2.07. The zero-order valence-electron chi connectivity index (χ0n) is 14.9. The average Bonchev–Trinajstić information content (AvgIpc) is 3.03. The summed E-state index contributed by atoms with van der Waals surface area (Å²) in [6.45, 7) is 4.15. The zero-order valence-corrected chi connectivity index (χ0v) is 14.9. The predicted octanol–water partition coefficient (Wildman–Crippen LogP) is 4.78. The van der Waals surface area contributed by atoms with E-state index in [0.29, 0.717) is 11.1 Å². The van der Waals surface area contributed by atoms with Crippen molar-refractivity contribution in [1.29, 1.82) is 5.26 Å². The van der Waals surface area contributed by atoms with Crippen molar-refractivity contribution in [3.63, 3.8) is 0 Å². The number of rotatable bonds is 5. The number of aryl methyl sites for hydroxylation is 2. The van der Waals surface area contributed by atoms with Crippen molar-refractivity contribution in [3.8, 4) is 17.2 Å².